The number of nitriles is 1. The molecule has 0 aliphatic rings. The van der Waals surface area contributed by atoms with Crippen molar-refractivity contribution in [3.63, 3.8) is 0 Å². The molecule has 0 saturated heterocycles. The fourth-order valence-electron chi connectivity index (χ4n) is 1.43. The van der Waals surface area contributed by atoms with Gasteiger partial charge in [-0.3, -0.25) is 9.69 Å². The van der Waals surface area contributed by atoms with Gasteiger partial charge in [0.2, 0.25) is 5.91 Å². The van der Waals surface area contributed by atoms with Gasteiger partial charge in [-0.05, 0) is 38.2 Å². The van der Waals surface area contributed by atoms with E-state index in [1.165, 1.54) is 0 Å². The largest absolute Gasteiger partial charge is 0.395 e. The average Bonchev–Trinajstić information content (AvgIpc) is 2.39. The molecule has 5 heteroatoms. The van der Waals surface area contributed by atoms with Gasteiger partial charge < -0.3 is 10.4 Å². The number of rotatable bonds is 5. The minimum Gasteiger partial charge on any atom is -0.395 e. The van der Waals surface area contributed by atoms with Crippen LogP contribution in [0.4, 0.5) is 5.69 Å². The zero-order chi connectivity index (χ0) is 13.5. The van der Waals surface area contributed by atoms with Gasteiger partial charge in [0.1, 0.15) is 0 Å². The SMILES string of the molecule is CC(C(=O)Nc1ccc(C#N)cc1)N(C)CCO. The lowest BCUT2D eigenvalue weighted by Gasteiger charge is -2.22. The highest BCUT2D eigenvalue weighted by molar-refractivity contribution is 5.94. The van der Waals surface area contributed by atoms with Crippen LogP contribution < -0.4 is 5.32 Å². The molecule has 0 radical (unpaired) electrons. The Morgan fingerprint density at radius 2 is 2.11 bits per heavy atom. The second-order valence-electron chi connectivity index (χ2n) is 4.06. The Morgan fingerprint density at radius 3 is 2.61 bits per heavy atom. The Labute approximate surface area is 107 Å². The van der Waals surface area contributed by atoms with Gasteiger partial charge in [-0.15, -0.1) is 0 Å². The molecule has 2 N–H and O–H groups in total. The maximum absolute atomic E-state index is 11.9. The number of anilines is 1. The van der Waals surface area contributed by atoms with Gasteiger partial charge in [-0.2, -0.15) is 5.26 Å². The smallest absolute Gasteiger partial charge is 0.241 e. The third-order valence-corrected chi connectivity index (χ3v) is 2.77. The van der Waals surface area contributed by atoms with Gasteiger partial charge in [0.05, 0.1) is 24.3 Å². The topological polar surface area (TPSA) is 76.4 Å². The predicted octanol–water partition coefficient (Wildman–Crippen LogP) is 0.809. The van der Waals surface area contributed by atoms with Crippen LogP contribution in [-0.2, 0) is 4.79 Å². The van der Waals surface area contributed by atoms with Crippen LogP contribution >= 0.6 is 0 Å². The van der Waals surface area contributed by atoms with Crippen molar-refractivity contribution in [2.45, 2.75) is 13.0 Å². The first kappa shape index (κ1) is 14.2. The summed E-state index contributed by atoms with van der Waals surface area (Å²) in [4.78, 5) is 13.6. The lowest BCUT2D eigenvalue weighted by molar-refractivity contribution is -0.120. The van der Waals surface area contributed by atoms with E-state index < -0.39 is 0 Å². The van der Waals surface area contributed by atoms with Gasteiger partial charge in [-0.25, -0.2) is 0 Å². The van der Waals surface area contributed by atoms with E-state index in [0.717, 1.165) is 0 Å². The lowest BCUT2D eigenvalue weighted by atomic mass is 10.2. The highest BCUT2D eigenvalue weighted by atomic mass is 16.3. The number of nitrogens with zero attached hydrogens (tertiary/aromatic N) is 2. The van der Waals surface area contributed by atoms with Gasteiger partial charge in [0.15, 0.2) is 0 Å². The van der Waals surface area contributed by atoms with E-state index in [0.29, 0.717) is 17.8 Å². The summed E-state index contributed by atoms with van der Waals surface area (Å²) < 4.78 is 0. The molecule has 96 valence electrons. The number of carbonyl (C=O) groups is 1. The minimum atomic E-state index is -0.326. The quantitative estimate of drug-likeness (QED) is 0.807. The van der Waals surface area contributed by atoms with E-state index in [-0.39, 0.29) is 18.6 Å². The first-order valence-corrected chi connectivity index (χ1v) is 5.70. The second-order valence-corrected chi connectivity index (χ2v) is 4.06. The van der Waals surface area contributed by atoms with E-state index in [1.54, 1.807) is 43.1 Å². The molecule has 0 aliphatic heterocycles. The molecule has 0 saturated carbocycles. The molecule has 18 heavy (non-hydrogen) atoms. The molecular weight excluding hydrogens is 230 g/mol. The number of benzene rings is 1. The molecular formula is C13H17N3O2. The minimum absolute atomic E-state index is 0.0188. The van der Waals surface area contributed by atoms with Crippen LogP contribution in [0, 0.1) is 11.3 Å². The molecule has 0 bridgehead atoms. The van der Waals surface area contributed by atoms with E-state index in [1.807, 2.05) is 6.07 Å². The molecule has 1 aromatic rings. The first-order valence-electron chi connectivity index (χ1n) is 5.70. The molecule has 1 amide bonds. The standard InChI is InChI=1S/C13H17N3O2/c1-10(16(2)7-8-17)13(18)15-12-5-3-11(9-14)4-6-12/h3-6,10,17H,7-8H2,1-2H3,(H,15,18). The predicted molar refractivity (Wildman–Crippen MR) is 69.0 cm³/mol. The number of amides is 1. The summed E-state index contributed by atoms with van der Waals surface area (Å²) in [6, 6.07) is 8.37. The highest BCUT2D eigenvalue weighted by Gasteiger charge is 2.17. The van der Waals surface area contributed by atoms with Crippen molar-refractivity contribution in [3.8, 4) is 6.07 Å². The second kappa shape index (κ2) is 6.74. The molecule has 5 nitrogen and oxygen atoms in total. The van der Waals surface area contributed by atoms with Crippen LogP contribution in [0.5, 0.6) is 0 Å². The van der Waals surface area contributed by atoms with Crippen molar-refractivity contribution in [1.82, 2.24) is 4.90 Å². The van der Waals surface area contributed by atoms with Gasteiger partial charge >= 0.3 is 0 Å². The third kappa shape index (κ3) is 3.84. The zero-order valence-corrected chi connectivity index (χ0v) is 10.6. The molecule has 1 atom stereocenters. The number of aliphatic hydroxyl groups excluding tert-OH is 1. The van der Waals surface area contributed by atoms with Crippen molar-refractivity contribution >= 4 is 11.6 Å². The van der Waals surface area contributed by atoms with Crippen molar-refractivity contribution in [2.75, 3.05) is 25.5 Å². The Kier molecular flexibility index (Phi) is 5.31. The Hall–Kier alpha value is -1.90. The number of carbonyl (C=O) groups excluding carboxylic acids is 1. The number of aliphatic hydroxyl groups is 1. The zero-order valence-electron chi connectivity index (χ0n) is 10.6. The summed E-state index contributed by atoms with van der Waals surface area (Å²) in [7, 11) is 1.78. The molecule has 1 rings (SSSR count). The van der Waals surface area contributed by atoms with Crippen molar-refractivity contribution in [3.05, 3.63) is 29.8 Å². The van der Waals surface area contributed by atoms with E-state index in [2.05, 4.69) is 5.32 Å². The number of likely N-dealkylation sites (N-methyl/N-ethyl adjacent to an activating group) is 1. The Bertz CT molecular complexity index is 437. The van der Waals surface area contributed by atoms with E-state index >= 15 is 0 Å². The van der Waals surface area contributed by atoms with Crippen LogP contribution in [0.2, 0.25) is 0 Å². The molecule has 0 spiro atoms. The van der Waals surface area contributed by atoms with Crippen molar-refractivity contribution in [2.24, 2.45) is 0 Å². The third-order valence-electron chi connectivity index (χ3n) is 2.77. The molecule has 1 unspecified atom stereocenters. The van der Waals surface area contributed by atoms with Crippen LogP contribution in [0.3, 0.4) is 0 Å². The molecule has 0 aromatic heterocycles. The van der Waals surface area contributed by atoms with E-state index in [4.69, 9.17) is 10.4 Å². The van der Waals surface area contributed by atoms with Crippen molar-refractivity contribution in [1.29, 1.82) is 5.26 Å². The van der Waals surface area contributed by atoms with Gasteiger partial charge in [0, 0.05) is 12.2 Å². The summed E-state index contributed by atoms with van der Waals surface area (Å²) in [5.74, 6) is -0.143. The first-order chi connectivity index (χ1) is 8.58. The van der Waals surface area contributed by atoms with Crippen LogP contribution in [0.1, 0.15) is 12.5 Å². The van der Waals surface area contributed by atoms with Crippen LogP contribution in [0.25, 0.3) is 0 Å². The monoisotopic (exact) mass is 247 g/mol. The summed E-state index contributed by atoms with van der Waals surface area (Å²) in [6.07, 6.45) is 0. The highest BCUT2D eigenvalue weighted by Crippen LogP contribution is 2.10. The van der Waals surface area contributed by atoms with Gasteiger partial charge in [-0.1, -0.05) is 0 Å². The number of hydrogen-bond acceptors (Lipinski definition) is 4. The van der Waals surface area contributed by atoms with E-state index in [9.17, 15) is 4.79 Å². The lowest BCUT2D eigenvalue weighted by Crippen LogP contribution is -2.40. The maximum atomic E-state index is 11.9. The summed E-state index contributed by atoms with van der Waals surface area (Å²) in [5, 5.41) is 20.2. The molecule has 0 aliphatic carbocycles. The van der Waals surface area contributed by atoms with Crippen LogP contribution in [-0.4, -0.2) is 42.2 Å². The molecule has 0 fully saturated rings. The summed E-state index contributed by atoms with van der Waals surface area (Å²) in [5.41, 5.74) is 1.21. The van der Waals surface area contributed by atoms with Crippen LogP contribution in [0.15, 0.2) is 24.3 Å². The Morgan fingerprint density at radius 1 is 1.50 bits per heavy atom. The fraction of sp³-hybridized carbons (Fsp3) is 0.385. The fourth-order valence-corrected chi connectivity index (χ4v) is 1.43. The average molecular weight is 247 g/mol. The normalized spacial score (nSPS) is 11.9. The molecule has 0 heterocycles. The molecule has 1 aromatic carbocycles. The Balaban J connectivity index is 2.61. The summed E-state index contributed by atoms with van der Waals surface area (Å²) >= 11 is 0. The maximum Gasteiger partial charge on any atom is 0.241 e. The number of nitrogens with one attached hydrogen (secondary N) is 1. The number of hydrogen-bond donors (Lipinski definition) is 2. The summed E-state index contributed by atoms with van der Waals surface area (Å²) in [6.45, 7) is 2.24. The van der Waals surface area contributed by atoms with Crippen molar-refractivity contribution < 1.29 is 9.90 Å². The van der Waals surface area contributed by atoms with Gasteiger partial charge in [0.25, 0.3) is 0 Å².